The van der Waals surface area contributed by atoms with Gasteiger partial charge in [-0.1, -0.05) is 18.7 Å². The van der Waals surface area contributed by atoms with Crippen LogP contribution in [-0.2, 0) is 0 Å². The number of hydrogen-bond acceptors (Lipinski definition) is 1. The summed E-state index contributed by atoms with van der Waals surface area (Å²) in [5.74, 6) is 0.492. The highest BCUT2D eigenvalue weighted by molar-refractivity contribution is 6.18. The second-order valence-electron chi connectivity index (χ2n) is 1.46. The predicted octanol–water partition coefficient (Wildman–Crippen LogP) is 1.81. The Labute approximate surface area is 60.5 Å². The van der Waals surface area contributed by atoms with Crippen molar-refractivity contribution in [1.29, 1.82) is 0 Å². The molecule has 0 radical (unpaired) electrons. The van der Waals surface area contributed by atoms with Crippen molar-refractivity contribution in [2.45, 2.75) is 0 Å². The van der Waals surface area contributed by atoms with Gasteiger partial charge >= 0.3 is 0 Å². The van der Waals surface area contributed by atoms with Crippen molar-refractivity contribution in [3.05, 3.63) is 36.6 Å². The van der Waals surface area contributed by atoms with Crippen molar-refractivity contribution >= 4 is 11.6 Å². The summed E-state index contributed by atoms with van der Waals surface area (Å²) in [7, 11) is 0. The van der Waals surface area contributed by atoms with Crippen LogP contribution in [0.2, 0.25) is 0 Å². The van der Waals surface area contributed by atoms with Crippen molar-refractivity contribution in [2.24, 2.45) is 5.73 Å². The SMILES string of the molecule is C=C/C=C(N)\C=C/CCl. The van der Waals surface area contributed by atoms with E-state index in [1.807, 2.05) is 0 Å². The Bertz CT molecular complexity index is 136. The maximum atomic E-state index is 5.41. The van der Waals surface area contributed by atoms with Crippen molar-refractivity contribution in [1.82, 2.24) is 0 Å². The summed E-state index contributed by atoms with van der Waals surface area (Å²) in [5, 5.41) is 0. The Hall–Kier alpha value is -0.690. The second-order valence-corrected chi connectivity index (χ2v) is 1.77. The van der Waals surface area contributed by atoms with Gasteiger partial charge < -0.3 is 5.73 Å². The third kappa shape index (κ3) is 5.18. The number of rotatable bonds is 3. The van der Waals surface area contributed by atoms with E-state index in [-0.39, 0.29) is 0 Å². The zero-order valence-corrected chi connectivity index (χ0v) is 5.93. The summed E-state index contributed by atoms with van der Waals surface area (Å²) in [6, 6.07) is 0. The van der Waals surface area contributed by atoms with Crippen molar-refractivity contribution in [3.8, 4) is 0 Å². The first kappa shape index (κ1) is 8.31. The highest BCUT2D eigenvalue weighted by atomic mass is 35.5. The minimum absolute atomic E-state index is 0.492. The summed E-state index contributed by atoms with van der Waals surface area (Å²) in [5.41, 5.74) is 6.09. The van der Waals surface area contributed by atoms with Gasteiger partial charge in [0.05, 0.1) is 0 Å². The van der Waals surface area contributed by atoms with E-state index < -0.39 is 0 Å². The molecule has 0 heterocycles. The van der Waals surface area contributed by atoms with Gasteiger partial charge in [-0.25, -0.2) is 0 Å². The topological polar surface area (TPSA) is 26.0 Å². The zero-order valence-electron chi connectivity index (χ0n) is 5.18. The number of allylic oxidation sites excluding steroid dienone is 4. The van der Waals surface area contributed by atoms with Gasteiger partial charge in [-0.3, -0.25) is 0 Å². The first-order valence-corrected chi connectivity index (χ1v) is 3.15. The lowest BCUT2D eigenvalue weighted by Crippen LogP contribution is -1.90. The minimum Gasteiger partial charge on any atom is -0.399 e. The van der Waals surface area contributed by atoms with E-state index in [0.717, 1.165) is 0 Å². The van der Waals surface area contributed by atoms with Gasteiger partial charge in [0.1, 0.15) is 0 Å². The lowest BCUT2D eigenvalue weighted by atomic mass is 10.4. The molecule has 0 saturated heterocycles. The Kier molecular flexibility index (Phi) is 5.03. The Morgan fingerprint density at radius 3 is 2.78 bits per heavy atom. The molecule has 0 fully saturated rings. The van der Waals surface area contributed by atoms with Crippen LogP contribution in [-0.4, -0.2) is 5.88 Å². The van der Waals surface area contributed by atoms with Crippen LogP contribution in [0.15, 0.2) is 36.6 Å². The highest BCUT2D eigenvalue weighted by Gasteiger charge is 1.74. The van der Waals surface area contributed by atoms with Gasteiger partial charge in [0.2, 0.25) is 0 Å². The van der Waals surface area contributed by atoms with Crippen LogP contribution in [0.1, 0.15) is 0 Å². The molecule has 0 aromatic rings. The summed E-state index contributed by atoms with van der Waals surface area (Å²) < 4.78 is 0. The zero-order chi connectivity index (χ0) is 7.11. The molecule has 2 heteroatoms. The Balaban J connectivity index is 3.74. The third-order valence-electron chi connectivity index (χ3n) is 0.710. The van der Waals surface area contributed by atoms with Crippen LogP contribution in [0.3, 0.4) is 0 Å². The first-order valence-electron chi connectivity index (χ1n) is 2.62. The molecule has 0 aromatic heterocycles. The lowest BCUT2D eigenvalue weighted by Gasteiger charge is -1.85. The summed E-state index contributed by atoms with van der Waals surface area (Å²) in [6.07, 6.45) is 6.86. The standard InChI is InChI=1S/C7H10ClN/c1-2-4-7(9)5-3-6-8/h2-5H,1,6,9H2/b5-3-,7-4+. The summed E-state index contributed by atoms with van der Waals surface area (Å²) in [4.78, 5) is 0. The molecule has 0 bridgehead atoms. The molecule has 0 rings (SSSR count). The Morgan fingerprint density at radius 1 is 1.67 bits per heavy atom. The van der Waals surface area contributed by atoms with Gasteiger partial charge in [0.25, 0.3) is 0 Å². The molecule has 0 aromatic carbocycles. The first-order chi connectivity index (χ1) is 4.31. The minimum atomic E-state index is 0.492. The monoisotopic (exact) mass is 143 g/mol. The van der Waals surface area contributed by atoms with Gasteiger partial charge in [0, 0.05) is 11.6 Å². The molecular weight excluding hydrogens is 134 g/mol. The summed E-state index contributed by atoms with van der Waals surface area (Å²) in [6.45, 7) is 3.49. The molecule has 0 aliphatic carbocycles. The van der Waals surface area contributed by atoms with E-state index in [9.17, 15) is 0 Å². The van der Waals surface area contributed by atoms with Crippen LogP contribution < -0.4 is 5.73 Å². The quantitative estimate of drug-likeness (QED) is 0.473. The van der Waals surface area contributed by atoms with Gasteiger partial charge in [0.15, 0.2) is 0 Å². The fourth-order valence-corrected chi connectivity index (χ4v) is 0.461. The third-order valence-corrected chi connectivity index (χ3v) is 0.888. The molecule has 50 valence electrons. The van der Waals surface area contributed by atoms with Crippen LogP contribution in [0.25, 0.3) is 0 Å². The number of nitrogens with two attached hydrogens (primary N) is 1. The van der Waals surface area contributed by atoms with E-state index in [1.54, 1.807) is 24.3 Å². The smallest absolute Gasteiger partial charge is 0.0407 e. The molecule has 0 saturated carbocycles. The van der Waals surface area contributed by atoms with Gasteiger partial charge in [-0.05, 0) is 12.2 Å². The van der Waals surface area contributed by atoms with E-state index in [1.165, 1.54) is 0 Å². The fourth-order valence-electron chi connectivity index (χ4n) is 0.372. The number of alkyl halides is 1. The van der Waals surface area contributed by atoms with E-state index >= 15 is 0 Å². The average molecular weight is 144 g/mol. The molecule has 0 aliphatic heterocycles. The molecule has 0 atom stereocenters. The maximum absolute atomic E-state index is 5.41. The molecule has 1 nitrogen and oxygen atoms in total. The number of halogens is 1. The van der Waals surface area contributed by atoms with Crippen LogP contribution in [0.4, 0.5) is 0 Å². The largest absolute Gasteiger partial charge is 0.399 e. The highest BCUT2D eigenvalue weighted by Crippen LogP contribution is 1.87. The summed E-state index contributed by atoms with van der Waals surface area (Å²) >= 11 is 5.35. The van der Waals surface area contributed by atoms with Crippen LogP contribution in [0.5, 0.6) is 0 Å². The number of hydrogen-bond donors (Lipinski definition) is 1. The maximum Gasteiger partial charge on any atom is 0.0407 e. The lowest BCUT2D eigenvalue weighted by molar-refractivity contribution is 1.42. The van der Waals surface area contributed by atoms with Crippen molar-refractivity contribution in [2.75, 3.05) is 5.88 Å². The molecule has 2 N–H and O–H groups in total. The fraction of sp³-hybridized carbons (Fsp3) is 0.143. The molecular formula is C7H10ClN. The second kappa shape index (κ2) is 5.45. The van der Waals surface area contributed by atoms with E-state index in [2.05, 4.69) is 6.58 Å². The van der Waals surface area contributed by atoms with E-state index in [0.29, 0.717) is 11.6 Å². The molecule has 0 aliphatic rings. The van der Waals surface area contributed by atoms with Crippen LogP contribution >= 0.6 is 11.6 Å². The molecule has 0 spiro atoms. The molecule has 0 unspecified atom stereocenters. The van der Waals surface area contributed by atoms with Crippen LogP contribution in [0, 0.1) is 0 Å². The van der Waals surface area contributed by atoms with Gasteiger partial charge in [-0.15, -0.1) is 11.6 Å². The Morgan fingerprint density at radius 2 is 2.33 bits per heavy atom. The van der Waals surface area contributed by atoms with E-state index in [4.69, 9.17) is 17.3 Å². The van der Waals surface area contributed by atoms with Crippen molar-refractivity contribution in [3.63, 3.8) is 0 Å². The average Bonchev–Trinajstić information content (AvgIpc) is 1.85. The molecule has 0 amide bonds. The normalized spacial score (nSPS) is 12.3. The predicted molar refractivity (Wildman–Crippen MR) is 42.3 cm³/mol. The van der Waals surface area contributed by atoms with Crippen molar-refractivity contribution < 1.29 is 0 Å². The molecule has 9 heavy (non-hydrogen) atoms. The van der Waals surface area contributed by atoms with Gasteiger partial charge in [-0.2, -0.15) is 0 Å².